The van der Waals surface area contributed by atoms with E-state index in [1.165, 1.54) is 14.8 Å². The Morgan fingerprint density at radius 3 is 2.50 bits per heavy atom. The third-order valence-corrected chi connectivity index (χ3v) is 1.44. The van der Waals surface area contributed by atoms with Crippen molar-refractivity contribution in [2.75, 3.05) is 0 Å². The molecule has 0 heterocycles. The van der Waals surface area contributed by atoms with Gasteiger partial charge < -0.3 is 0 Å². The molecular formula is C6H3BrClIZn. The van der Waals surface area contributed by atoms with Gasteiger partial charge in [0.1, 0.15) is 0 Å². The molecule has 0 saturated carbocycles. The molecule has 4 heteroatoms. The van der Waals surface area contributed by atoms with Gasteiger partial charge in [-0.1, -0.05) is 25.4 Å². The van der Waals surface area contributed by atoms with Gasteiger partial charge in [0.25, 0.3) is 0 Å². The predicted molar refractivity (Wildman–Crippen MR) is 52.0 cm³/mol. The fraction of sp³-hybridized carbons (Fsp3) is 0. The summed E-state index contributed by atoms with van der Waals surface area (Å²) < 4.78 is 0.987. The summed E-state index contributed by atoms with van der Waals surface area (Å²) in [5, 5.41) is 0.638. The first-order valence-electron chi connectivity index (χ1n) is 2.38. The molecule has 0 amide bonds. The van der Waals surface area contributed by atoms with Crippen LogP contribution in [0.25, 0.3) is 0 Å². The van der Waals surface area contributed by atoms with Gasteiger partial charge in [0.15, 0.2) is 0 Å². The summed E-state index contributed by atoms with van der Waals surface area (Å²) in [6.07, 6.45) is 0. The Kier molecular flexibility index (Phi) is 7.96. The van der Waals surface area contributed by atoms with Gasteiger partial charge in [-0.2, -0.15) is 18.2 Å². The Labute approximate surface area is 94.7 Å². The molecule has 1 aromatic carbocycles. The van der Waals surface area contributed by atoms with E-state index in [1.807, 2.05) is 6.07 Å². The van der Waals surface area contributed by atoms with Crippen molar-refractivity contribution in [3.05, 3.63) is 33.8 Å². The number of halogens is 3. The van der Waals surface area contributed by atoms with Crippen LogP contribution in [0, 0.1) is 6.07 Å². The van der Waals surface area contributed by atoms with E-state index in [0.29, 0.717) is 5.02 Å². The number of hydrogen-bond acceptors (Lipinski definition) is 0. The number of rotatable bonds is 0. The maximum atomic E-state index is 5.56. The van der Waals surface area contributed by atoms with Gasteiger partial charge in [-0.05, 0) is 0 Å². The van der Waals surface area contributed by atoms with Crippen LogP contribution in [0.4, 0.5) is 0 Å². The van der Waals surface area contributed by atoms with Crippen LogP contribution in [0.2, 0.25) is 5.02 Å². The van der Waals surface area contributed by atoms with Crippen LogP contribution in [0.5, 0.6) is 0 Å². The van der Waals surface area contributed by atoms with Crippen molar-refractivity contribution >= 4 is 47.3 Å². The molecule has 1 rings (SSSR count). The molecule has 0 aromatic heterocycles. The molecule has 0 aliphatic carbocycles. The van der Waals surface area contributed by atoms with Crippen molar-refractivity contribution in [2.45, 2.75) is 0 Å². The van der Waals surface area contributed by atoms with Gasteiger partial charge in [0, 0.05) is 0 Å². The molecule has 0 spiro atoms. The molecule has 1 aromatic rings. The second-order valence-electron chi connectivity index (χ2n) is 1.35. The minimum absolute atomic E-state index is 0.638. The van der Waals surface area contributed by atoms with Gasteiger partial charge in [-0.25, -0.2) is 0 Å². The van der Waals surface area contributed by atoms with Gasteiger partial charge in [0.2, 0.25) is 0 Å². The molecule has 0 unspecified atom stereocenters. The van der Waals surface area contributed by atoms with Crippen molar-refractivity contribution in [2.24, 2.45) is 0 Å². The first-order chi connectivity index (χ1) is 4.79. The van der Waals surface area contributed by atoms with Gasteiger partial charge in [0.05, 0.1) is 0 Å². The number of hydrogen-bond donors (Lipinski definition) is 0. The van der Waals surface area contributed by atoms with E-state index < -0.39 is 0 Å². The van der Waals surface area contributed by atoms with Gasteiger partial charge >= 0.3 is 34.5 Å². The SMILES string of the molecule is Clc1[c-]ccc(Br)c1.[Zn+][I]. The molecule has 0 aliphatic rings. The Balaban J connectivity index is 0.000000371. The second-order valence-corrected chi connectivity index (χ2v) is 2.68. The molecule has 0 fully saturated rings. The Hall–Kier alpha value is 1.34. The molecule has 0 atom stereocenters. The van der Waals surface area contributed by atoms with Crippen molar-refractivity contribution in [3.8, 4) is 0 Å². The van der Waals surface area contributed by atoms with Crippen LogP contribution in [0.3, 0.4) is 0 Å². The summed E-state index contributed by atoms with van der Waals surface area (Å²) in [6, 6.07) is 8.25. The van der Waals surface area contributed by atoms with E-state index in [9.17, 15) is 0 Å². The van der Waals surface area contributed by atoms with E-state index in [4.69, 9.17) is 11.6 Å². The molecular weight excluding hydrogens is 380 g/mol. The third kappa shape index (κ3) is 5.05. The van der Waals surface area contributed by atoms with Gasteiger partial charge in [-0.15, -0.1) is 17.7 Å². The predicted octanol–water partition coefficient (Wildman–Crippen LogP) is 3.79. The van der Waals surface area contributed by atoms with E-state index in [2.05, 4.69) is 41.7 Å². The van der Waals surface area contributed by atoms with E-state index in [-0.39, 0.29) is 0 Å². The van der Waals surface area contributed by atoms with Crippen molar-refractivity contribution < 1.29 is 14.8 Å². The first kappa shape index (κ1) is 11.3. The van der Waals surface area contributed by atoms with Crippen LogP contribution in [0.1, 0.15) is 0 Å². The van der Waals surface area contributed by atoms with Crippen molar-refractivity contribution in [3.63, 3.8) is 0 Å². The first-order valence-corrected chi connectivity index (χ1v) is 12.6. The second kappa shape index (κ2) is 7.02. The summed E-state index contributed by atoms with van der Waals surface area (Å²) in [6.45, 7) is 0. The zero-order chi connectivity index (χ0) is 7.98. The topological polar surface area (TPSA) is 0 Å². The van der Waals surface area contributed by atoms with Crippen LogP contribution < -0.4 is 0 Å². The average Bonchev–Trinajstić information content (AvgIpc) is 1.91. The molecule has 0 N–H and O–H groups in total. The summed E-state index contributed by atoms with van der Waals surface area (Å²) >= 11 is 12.4. The molecule has 50 valence electrons. The van der Waals surface area contributed by atoms with Gasteiger partial charge in [-0.3, -0.25) is 0 Å². The fourth-order valence-electron chi connectivity index (χ4n) is 0.412. The fourth-order valence-corrected chi connectivity index (χ4v) is 1.09. The van der Waals surface area contributed by atoms with E-state index in [0.717, 1.165) is 4.47 Å². The normalized spacial score (nSPS) is 8.10. The Morgan fingerprint density at radius 1 is 1.60 bits per heavy atom. The van der Waals surface area contributed by atoms with E-state index in [1.54, 1.807) is 12.1 Å². The van der Waals surface area contributed by atoms with Crippen LogP contribution in [0.15, 0.2) is 22.7 Å². The molecule has 10 heavy (non-hydrogen) atoms. The molecule has 0 bridgehead atoms. The molecule has 0 nitrogen and oxygen atoms in total. The minimum atomic E-state index is 0.638. The molecule has 0 saturated heterocycles. The van der Waals surface area contributed by atoms with E-state index >= 15 is 0 Å². The number of benzene rings is 1. The Morgan fingerprint density at radius 2 is 2.20 bits per heavy atom. The van der Waals surface area contributed by atoms with Crippen LogP contribution in [-0.4, -0.2) is 0 Å². The third-order valence-electron chi connectivity index (χ3n) is 0.728. The zero-order valence-corrected chi connectivity index (χ0v) is 12.5. The van der Waals surface area contributed by atoms with Crippen molar-refractivity contribution in [1.82, 2.24) is 0 Å². The maximum absolute atomic E-state index is 5.56. The Bertz CT molecular complexity index is 178. The van der Waals surface area contributed by atoms with Crippen LogP contribution >= 0.6 is 47.3 Å². The molecule has 0 aliphatic heterocycles. The summed E-state index contributed by atoms with van der Waals surface area (Å²) in [7, 11) is 0. The quantitative estimate of drug-likeness (QED) is 0.364. The monoisotopic (exact) mass is 380 g/mol. The molecule has 0 radical (unpaired) electrons. The summed E-state index contributed by atoms with van der Waals surface area (Å²) in [4.78, 5) is 0. The zero-order valence-electron chi connectivity index (χ0n) is 5.07. The summed E-state index contributed by atoms with van der Waals surface area (Å²) in [5.41, 5.74) is 0. The van der Waals surface area contributed by atoms with Crippen LogP contribution in [-0.2, 0) is 14.8 Å². The van der Waals surface area contributed by atoms with Crippen molar-refractivity contribution in [1.29, 1.82) is 0 Å². The average molecular weight is 383 g/mol. The summed E-state index contributed by atoms with van der Waals surface area (Å²) in [5.74, 6) is 0. The standard InChI is InChI=1S/C6H3BrCl.HI.Zn/c7-5-2-1-3-6(8)4-5;;/h1-2,4H;1H;/q-1;;+2/p-1.